The van der Waals surface area contributed by atoms with Crippen LogP contribution in [0.4, 0.5) is 0 Å². The van der Waals surface area contributed by atoms with Gasteiger partial charge in [-0.1, -0.05) is 23.7 Å². The van der Waals surface area contributed by atoms with Gasteiger partial charge in [-0.05, 0) is 24.0 Å². The fourth-order valence-electron chi connectivity index (χ4n) is 1.78. The van der Waals surface area contributed by atoms with E-state index in [9.17, 15) is 4.79 Å². The minimum Gasteiger partial charge on any atom is -0.495 e. The van der Waals surface area contributed by atoms with Crippen molar-refractivity contribution >= 4 is 17.6 Å². The van der Waals surface area contributed by atoms with Gasteiger partial charge in [0.25, 0.3) is 0 Å². The first-order chi connectivity index (χ1) is 7.15. The summed E-state index contributed by atoms with van der Waals surface area (Å²) in [6, 6.07) is 5.46. The molecule has 15 heavy (non-hydrogen) atoms. The predicted octanol–water partition coefficient (Wildman–Crippen LogP) is 2.54. The van der Waals surface area contributed by atoms with Gasteiger partial charge in [-0.25, -0.2) is 0 Å². The van der Waals surface area contributed by atoms with Crippen LogP contribution in [0.25, 0.3) is 0 Å². The summed E-state index contributed by atoms with van der Waals surface area (Å²) in [5.74, 6) is -0.385. The number of hydrogen-bond acceptors (Lipinski definition) is 2. The van der Waals surface area contributed by atoms with Crippen molar-refractivity contribution in [3.8, 4) is 5.75 Å². The lowest BCUT2D eigenvalue weighted by Gasteiger charge is -2.07. The molecule has 0 aromatic heterocycles. The summed E-state index contributed by atoms with van der Waals surface area (Å²) in [6.07, 6.45) is 0.669. The number of carboxylic acids is 1. The van der Waals surface area contributed by atoms with Crippen LogP contribution in [0.2, 0.25) is 5.02 Å². The van der Waals surface area contributed by atoms with Crippen LogP contribution in [0.15, 0.2) is 18.2 Å². The molecule has 0 saturated heterocycles. The molecule has 2 unspecified atom stereocenters. The van der Waals surface area contributed by atoms with Crippen LogP contribution >= 0.6 is 11.6 Å². The molecule has 2 atom stereocenters. The van der Waals surface area contributed by atoms with Crippen LogP contribution in [0, 0.1) is 5.92 Å². The van der Waals surface area contributed by atoms with Crippen molar-refractivity contribution in [2.24, 2.45) is 5.92 Å². The summed E-state index contributed by atoms with van der Waals surface area (Å²) in [5, 5.41) is 9.36. The maximum absolute atomic E-state index is 10.7. The van der Waals surface area contributed by atoms with Crippen molar-refractivity contribution in [2.75, 3.05) is 7.11 Å². The zero-order valence-corrected chi connectivity index (χ0v) is 8.99. The van der Waals surface area contributed by atoms with Gasteiger partial charge in [-0.15, -0.1) is 0 Å². The van der Waals surface area contributed by atoms with Crippen molar-refractivity contribution in [3.63, 3.8) is 0 Å². The van der Waals surface area contributed by atoms with Gasteiger partial charge in [0.1, 0.15) is 5.75 Å². The number of carboxylic acid groups (broad SMARTS) is 1. The van der Waals surface area contributed by atoms with Crippen molar-refractivity contribution in [1.29, 1.82) is 0 Å². The zero-order chi connectivity index (χ0) is 11.0. The molecule has 3 nitrogen and oxygen atoms in total. The highest BCUT2D eigenvalue weighted by atomic mass is 35.5. The molecule has 80 valence electrons. The Bertz CT molecular complexity index is 403. The molecule has 0 heterocycles. The number of carbonyl (C=O) groups is 1. The van der Waals surface area contributed by atoms with Crippen LogP contribution in [0.5, 0.6) is 5.75 Å². The van der Waals surface area contributed by atoms with Crippen LogP contribution in [-0.4, -0.2) is 18.2 Å². The van der Waals surface area contributed by atoms with Gasteiger partial charge in [-0.3, -0.25) is 4.79 Å². The van der Waals surface area contributed by atoms with Gasteiger partial charge in [0.2, 0.25) is 0 Å². The summed E-state index contributed by atoms with van der Waals surface area (Å²) in [6.45, 7) is 0. The Morgan fingerprint density at radius 2 is 2.33 bits per heavy atom. The minimum absolute atomic E-state index is 0.0464. The number of methoxy groups -OCH3 is 1. The molecule has 1 N–H and O–H groups in total. The van der Waals surface area contributed by atoms with Gasteiger partial charge in [0.15, 0.2) is 0 Å². The van der Waals surface area contributed by atoms with Crippen LogP contribution in [0.1, 0.15) is 17.9 Å². The van der Waals surface area contributed by atoms with E-state index >= 15 is 0 Å². The normalized spacial score (nSPS) is 23.6. The summed E-state index contributed by atoms with van der Waals surface area (Å²) in [4.78, 5) is 10.7. The first kappa shape index (κ1) is 10.3. The van der Waals surface area contributed by atoms with Crippen molar-refractivity contribution in [2.45, 2.75) is 12.3 Å². The van der Waals surface area contributed by atoms with E-state index in [0.717, 1.165) is 5.56 Å². The van der Waals surface area contributed by atoms with Crippen molar-refractivity contribution in [1.82, 2.24) is 0 Å². The quantitative estimate of drug-likeness (QED) is 0.862. The summed E-state index contributed by atoms with van der Waals surface area (Å²) < 4.78 is 5.08. The standard InChI is InChI=1S/C11H11ClO3/c1-15-9-4-2-3-6(10(9)12)7-5-8(7)11(13)14/h2-4,7-8H,5H2,1H3,(H,13,14). The summed E-state index contributed by atoms with van der Waals surface area (Å²) in [5.41, 5.74) is 0.878. The number of hydrogen-bond donors (Lipinski definition) is 1. The highest BCUT2D eigenvalue weighted by molar-refractivity contribution is 6.33. The average Bonchev–Trinajstić information content (AvgIpc) is 2.98. The van der Waals surface area contributed by atoms with E-state index in [1.54, 1.807) is 13.2 Å². The maximum atomic E-state index is 10.7. The Kier molecular flexibility index (Phi) is 2.57. The smallest absolute Gasteiger partial charge is 0.307 e. The number of ether oxygens (including phenoxy) is 1. The molecule has 4 heteroatoms. The average molecular weight is 227 g/mol. The van der Waals surface area contributed by atoms with Gasteiger partial charge in [-0.2, -0.15) is 0 Å². The van der Waals surface area contributed by atoms with Crippen LogP contribution in [0.3, 0.4) is 0 Å². The minimum atomic E-state index is -0.751. The molecule has 1 aromatic carbocycles. The van der Waals surface area contributed by atoms with Gasteiger partial charge in [0.05, 0.1) is 18.1 Å². The Morgan fingerprint density at radius 3 is 2.87 bits per heavy atom. The zero-order valence-electron chi connectivity index (χ0n) is 8.24. The molecule has 1 aliphatic rings. The second-order valence-electron chi connectivity index (χ2n) is 3.65. The highest BCUT2D eigenvalue weighted by Gasteiger charge is 2.45. The third-order valence-electron chi connectivity index (χ3n) is 2.72. The fraction of sp³-hybridized carbons (Fsp3) is 0.364. The maximum Gasteiger partial charge on any atom is 0.307 e. The first-order valence-electron chi connectivity index (χ1n) is 4.70. The monoisotopic (exact) mass is 226 g/mol. The Labute approximate surface area is 92.6 Å². The summed E-state index contributed by atoms with van der Waals surface area (Å²) >= 11 is 6.10. The van der Waals surface area contributed by atoms with Crippen LogP contribution in [-0.2, 0) is 4.79 Å². The van der Waals surface area contributed by atoms with E-state index in [0.29, 0.717) is 17.2 Å². The molecule has 1 aliphatic carbocycles. The fourth-order valence-corrected chi connectivity index (χ4v) is 2.13. The third-order valence-corrected chi connectivity index (χ3v) is 3.12. The molecular weight excluding hydrogens is 216 g/mol. The molecule has 0 aliphatic heterocycles. The van der Waals surface area contributed by atoms with Crippen molar-refractivity contribution < 1.29 is 14.6 Å². The van der Waals surface area contributed by atoms with Gasteiger partial charge in [0, 0.05) is 0 Å². The largest absolute Gasteiger partial charge is 0.495 e. The number of benzene rings is 1. The lowest BCUT2D eigenvalue weighted by Crippen LogP contribution is -1.99. The second-order valence-corrected chi connectivity index (χ2v) is 4.03. The molecule has 0 amide bonds. The topological polar surface area (TPSA) is 46.5 Å². The van der Waals surface area contributed by atoms with Crippen molar-refractivity contribution in [3.05, 3.63) is 28.8 Å². The predicted molar refractivity (Wildman–Crippen MR) is 56.5 cm³/mol. The molecule has 0 bridgehead atoms. The van der Waals surface area contributed by atoms with Gasteiger partial charge < -0.3 is 9.84 Å². The Hall–Kier alpha value is -1.22. The van der Waals surface area contributed by atoms with E-state index in [1.807, 2.05) is 12.1 Å². The number of aliphatic carboxylic acids is 1. The Balaban J connectivity index is 2.27. The van der Waals surface area contributed by atoms with E-state index < -0.39 is 5.97 Å². The number of rotatable bonds is 3. The van der Waals surface area contributed by atoms with E-state index in [2.05, 4.69) is 0 Å². The molecule has 0 radical (unpaired) electrons. The van der Waals surface area contributed by atoms with Crippen LogP contribution < -0.4 is 4.74 Å². The molecule has 1 aromatic rings. The van der Waals surface area contributed by atoms with E-state index in [-0.39, 0.29) is 11.8 Å². The second kappa shape index (κ2) is 3.74. The lowest BCUT2D eigenvalue weighted by atomic mass is 10.1. The highest BCUT2D eigenvalue weighted by Crippen LogP contribution is 2.51. The SMILES string of the molecule is COc1cccc(C2CC2C(=O)O)c1Cl. The molecule has 2 rings (SSSR count). The Morgan fingerprint density at radius 1 is 1.60 bits per heavy atom. The first-order valence-corrected chi connectivity index (χ1v) is 5.08. The molecule has 0 spiro atoms. The van der Waals surface area contributed by atoms with E-state index in [4.69, 9.17) is 21.4 Å². The van der Waals surface area contributed by atoms with Gasteiger partial charge >= 0.3 is 5.97 Å². The molecular formula is C11H11ClO3. The third kappa shape index (κ3) is 1.79. The molecule has 1 saturated carbocycles. The number of halogens is 1. The lowest BCUT2D eigenvalue weighted by molar-refractivity contribution is -0.138. The summed E-state index contributed by atoms with van der Waals surface area (Å²) in [7, 11) is 1.55. The molecule has 1 fully saturated rings. The van der Waals surface area contributed by atoms with E-state index in [1.165, 1.54) is 0 Å².